The Labute approximate surface area is 66.1 Å². The minimum atomic E-state index is -2.13. The van der Waals surface area contributed by atoms with Crippen LogP contribution < -0.4 is 0 Å². The predicted octanol–water partition coefficient (Wildman–Crippen LogP) is 3.77. The van der Waals surface area contributed by atoms with Gasteiger partial charge in [-0.2, -0.15) is 0 Å². The van der Waals surface area contributed by atoms with Crippen molar-refractivity contribution in [3.05, 3.63) is 0 Å². The minimum absolute atomic E-state index is 0.238. The Morgan fingerprint density at radius 2 is 2.00 bits per heavy atom. The first kappa shape index (κ1) is 9.19. The highest BCUT2D eigenvalue weighted by Gasteiger charge is 2.19. The first-order valence-corrected chi connectivity index (χ1v) is 8.28. The molecule has 0 spiro atoms. The summed E-state index contributed by atoms with van der Waals surface area (Å²) in [6.07, 6.45) is 0.938. The summed E-state index contributed by atoms with van der Waals surface area (Å²) in [6.45, 7) is 3.96. The molecular formula is C4H9Br2OP. The minimum Gasteiger partial charge on any atom is -0.299 e. The Bertz CT molecular complexity index is 109. The molecule has 50 valence electrons. The molecule has 0 aromatic carbocycles. The Kier molecular flexibility index (Phi) is 3.88. The largest absolute Gasteiger partial charge is 0.299 e. The molecule has 0 saturated heterocycles. The Balaban J connectivity index is 3.82. The van der Waals surface area contributed by atoms with Crippen LogP contribution >= 0.6 is 35.5 Å². The molecule has 0 heterocycles. The molecular weight excluding hydrogens is 255 g/mol. The van der Waals surface area contributed by atoms with E-state index in [1.165, 1.54) is 0 Å². The zero-order valence-corrected chi connectivity index (χ0v) is 8.96. The van der Waals surface area contributed by atoms with Crippen molar-refractivity contribution in [3.8, 4) is 0 Å². The van der Waals surface area contributed by atoms with Crippen LogP contribution in [-0.4, -0.2) is 5.66 Å². The Morgan fingerprint density at radius 3 is 2.00 bits per heavy atom. The van der Waals surface area contributed by atoms with Crippen molar-refractivity contribution in [1.82, 2.24) is 0 Å². The van der Waals surface area contributed by atoms with Crippen molar-refractivity contribution in [3.63, 3.8) is 0 Å². The van der Waals surface area contributed by atoms with E-state index in [9.17, 15) is 4.57 Å². The zero-order chi connectivity index (χ0) is 6.78. The van der Waals surface area contributed by atoms with Gasteiger partial charge in [0.2, 0.25) is 4.55 Å². The van der Waals surface area contributed by atoms with Crippen LogP contribution in [0.3, 0.4) is 0 Å². The molecule has 0 fully saturated rings. The normalized spacial score (nSPS) is 16.0. The van der Waals surface area contributed by atoms with E-state index in [2.05, 4.69) is 31.0 Å². The monoisotopic (exact) mass is 262 g/mol. The molecule has 0 aromatic rings. The second-order valence-corrected chi connectivity index (χ2v) is 12.8. The van der Waals surface area contributed by atoms with Gasteiger partial charge >= 0.3 is 0 Å². The lowest BCUT2D eigenvalue weighted by molar-refractivity contribution is 0.586. The quantitative estimate of drug-likeness (QED) is 0.694. The van der Waals surface area contributed by atoms with Gasteiger partial charge in [-0.3, -0.25) is 4.57 Å². The van der Waals surface area contributed by atoms with Gasteiger partial charge in [0.1, 0.15) is 0 Å². The average Bonchev–Trinajstić information content (AvgIpc) is 1.62. The number of hydrogen-bond acceptors (Lipinski definition) is 1. The van der Waals surface area contributed by atoms with Crippen molar-refractivity contribution in [1.29, 1.82) is 0 Å². The van der Waals surface area contributed by atoms with Gasteiger partial charge in [0.25, 0.3) is 0 Å². The van der Waals surface area contributed by atoms with Gasteiger partial charge in [-0.25, -0.2) is 0 Å². The second kappa shape index (κ2) is 3.38. The summed E-state index contributed by atoms with van der Waals surface area (Å²) in [5.74, 6) is 0. The lowest BCUT2D eigenvalue weighted by Gasteiger charge is -2.08. The van der Waals surface area contributed by atoms with E-state index < -0.39 is 4.55 Å². The van der Waals surface area contributed by atoms with Crippen LogP contribution in [0.2, 0.25) is 0 Å². The van der Waals surface area contributed by atoms with E-state index in [1.807, 2.05) is 13.8 Å². The fourth-order valence-corrected chi connectivity index (χ4v) is 2.38. The highest BCUT2D eigenvalue weighted by atomic mass is 79.9. The Hall–Kier alpha value is 1.19. The summed E-state index contributed by atoms with van der Waals surface area (Å²) in [5.41, 5.74) is 0.238. The first-order valence-electron chi connectivity index (χ1n) is 2.47. The van der Waals surface area contributed by atoms with Gasteiger partial charge < -0.3 is 0 Å². The summed E-state index contributed by atoms with van der Waals surface area (Å²) < 4.78 is 8.85. The highest BCUT2D eigenvalue weighted by molar-refractivity contribution is 9.70. The third-order valence-electron chi connectivity index (χ3n) is 1.10. The molecule has 0 saturated carbocycles. The third kappa shape index (κ3) is 3.26. The molecule has 1 nitrogen and oxygen atoms in total. The van der Waals surface area contributed by atoms with E-state index in [-0.39, 0.29) is 5.66 Å². The molecule has 0 aromatic heterocycles. The summed E-state index contributed by atoms with van der Waals surface area (Å²) in [4.78, 5) is 0. The molecule has 1 unspecified atom stereocenters. The fraction of sp³-hybridized carbons (Fsp3) is 1.00. The van der Waals surface area contributed by atoms with Gasteiger partial charge in [0.05, 0.1) is 0 Å². The second-order valence-electron chi connectivity index (χ2n) is 1.76. The maximum absolute atomic E-state index is 11.0. The van der Waals surface area contributed by atoms with Crippen molar-refractivity contribution >= 4 is 35.5 Å². The molecule has 4 heteroatoms. The van der Waals surface area contributed by atoms with Gasteiger partial charge in [0, 0.05) is 5.66 Å². The summed E-state index contributed by atoms with van der Waals surface area (Å²) in [7, 11) is 0. The molecule has 1 atom stereocenters. The lowest BCUT2D eigenvalue weighted by Crippen LogP contribution is -1.90. The van der Waals surface area contributed by atoms with Crippen molar-refractivity contribution in [2.45, 2.75) is 25.9 Å². The van der Waals surface area contributed by atoms with Crippen molar-refractivity contribution in [2.75, 3.05) is 0 Å². The van der Waals surface area contributed by atoms with Crippen LogP contribution in [0.4, 0.5) is 0 Å². The van der Waals surface area contributed by atoms with Crippen LogP contribution in [0, 0.1) is 0 Å². The zero-order valence-electron chi connectivity index (χ0n) is 4.90. The molecule has 0 bridgehead atoms. The molecule has 0 rings (SSSR count). The molecule has 0 radical (unpaired) electrons. The molecule has 0 aliphatic rings. The highest BCUT2D eigenvalue weighted by Crippen LogP contribution is 2.66. The summed E-state index contributed by atoms with van der Waals surface area (Å²) in [6, 6.07) is 0. The third-order valence-corrected chi connectivity index (χ3v) is 6.69. The van der Waals surface area contributed by atoms with Crippen molar-refractivity contribution < 1.29 is 4.57 Å². The molecule has 8 heavy (non-hydrogen) atoms. The van der Waals surface area contributed by atoms with Crippen LogP contribution in [0.1, 0.15) is 20.3 Å². The molecule has 0 aliphatic carbocycles. The van der Waals surface area contributed by atoms with Gasteiger partial charge in [-0.15, -0.1) is 0 Å². The van der Waals surface area contributed by atoms with Crippen LogP contribution in [0.15, 0.2) is 0 Å². The topological polar surface area (TPSA) is 17.1 Å². The van der Waals surface area contributed by atoms with E-state index in [4.69, 9.17) is 0 Å². The van der Waals surface area contributed by atoms with Crippen molar-refractivity contribution in [2.24, 2.45) is 0 Å². The van der Waals surface area contributed by atoms with Crippen LogP contribution in [-0.2, 0) is 4.57 Å². The van der Waals surface area contributed by atoms with Gasteiger partial charge in [-0.1, -0.05) is 13.8 Å². The van der Waals surface area contributed by atoms with Gasteiger partial charge in [-0.05, 0) is 37.4 Å². The van der Waals surface area contributed by atoms with E-state index in [0.29, 0.717) is 0 Å². The SMILES string of the molecule is CCC(C)P(=O)(Br)Br. The fourth-order valence-electron chi connectivity index (χ4n) is 0.213. The number of hydrogen-bond donors (Lipinski definition) is 0. The predicted molar refractivity (Wildman–Crippen MR) is 45.2 cm³/mol. The van der Waals surface area contributed by atoms with Gasteiger partial charge in [0.15, 0.2) is 0 Å². The number of halogens is 2. The number of rotatable bonds is 2. The first-order chi connectivity index (χ1) is 3.48. The smallest absolute Gasteiger partial charge is 0.210 e. The standard InChI is InChI=1S/C4H9Br2OP/c1-3-4(2)8(5,6)7/h4H,3H2,1-2H3. The van der Waals surface area contributed by atoms with Crippen LogP contribution in [0.25, 0.3) is 0 Å². The molecule has 0 aliphatic heterocycles. The van der Waals surface area contributed by atoms with E-state index in [0.717, 1.165) is 6.42 Å². The summed E-state index contributed by atoms with van der Waals surface area (Å²) in [5, 5.41) is 0. The van der Waals surface area contributed by atoms with Crippen LogP contribution in [0.5, 0.6) is 0 Å². The average molecular weight is 264 g/mol. The van der Waals surface area contributed by atoms with E-state index >= 15 is 0 Å². The lowest BCUT2D eigenvalue weighted by atomic mass is 10.4. The maximum Gasteiger partial charge on any atom is 0.210 e. The summed E-state index contributed by atoms with van der Waals surface area (Å²) >= 11 is 6.15. The van der Waals surface area contributed by atoms with E-state index in [1.54, 1.807) is 0 Å². The molecule has 0 N–H and O–H groups in total. The molecule has 0 amide bonds. The maximum atomic E-state index is 11.0. The Morgan fingerprint density at radius 1 is 1.62 bits per heavy atom.